The minimum Gasteiger partial charge on any atom is -0.464 e. The number of esters is 1. The molecule has 0 aliphatic carbocycles. The van der Waals surface area contributed by atoms with Gasteiger partial charge in [0.25, 0.3) is 0 Å². The van der Waals surface area contributed by atoms with Crippen molar-refractivity contribution in [1.82, 2.24) is 10.2 Å². The van der Waals surface area contributed by atoms with Gasteiger partial charge in [-0.15, -0.1) is 5.10 Å². The lowest BCUT2D eigenvalue weighted by atomic mass is 10.0. The van der Waals surface area contributed by atoms with E-state index in [0.717, 1.165) is 19.3 Å². The van der Waals surface area contributed by atoms with Crippen LogP contribution in [0.15, 0.2) is 12.3 Å². The highest BCUT2D eigenvalue weighted by atomic mass is 16.5. The van der Waals surface area contributed by atoms with Crippen LogP contribution in [0.5, 0.6) is 0 Å². The molecule has 0 amide bonds. The van der Waals surface area contributed by atoms with Crippen molar-refractivity contribution in [2.75, 3.05) is 18.1 Å². The number of anilines is 1. The summed E-state index contributed by atoms with van der Waals surface area (Å²) in [5.74, 6) is 0.222. The standard InChI is InChI=1S/C13H16N4O2/c1-2-19-13(18)11-5-3-4-8-17(11)12-10(9-14)6-7-15-16-12/h6-7,11H,2-5,8H2,1H3. The van der Waals surface area contributed by atoms with E-state index in [9.17, 15) is 4.79 Å². The summed E-state index contributed by atoms with van der Waals surface area (Å²) in [6, 6.07) is 3.33. The molecule has 0 spiro atoms. The summed E-state index contributed by atoms with van der Waals surface area (Å²) in [6.07, 6.45) is 4.14. The van der Waals surface area contributed by atoms with E-state index in [1.807, 2.05) is 4.90 Å². The molecule has 0 radical (unpaired) electrons. The molecule has 19 heavy (non-hydrogen) atoms. The number of nitriles is 1. The summed E-state index contributed by atoms with van der Waals surface area (Å²) in [5, 5.41) is 16.9. The minimum absolute atomic E-state index is 0.253. The van der Waals surface area contributed by atoms with Crippen molar-refractivity contribution in [1.29, 1.82) is 5.26 Å². The summed E-state index contributed by atoms with van der Waals surface area (Å²) in [7, 11) is 0. The number of carbonyl (C=O) groups excluding carboxylic acids is 1. The van der Waals surface area contributed by atoms with E-state index in [0.29, 0.717) is 24.5 Å². The molecule has 0 bridgehead atoms. The van der Waals surface area contributed by atoms with E-state index in [2.05, 4.69) is 16.3 Å². The highest BCUT2D eigenvalue weighted by molar-refractivity contribution is 5.80. The zero-order chi connectivity index (χ0) is 13.7. The third kappa shape index (κ3) is 2.81. The number of aromatic nitrogens is 2. The van der Waals surface area contributed by atoms with Gasteiger partial charge in [0.05, 0.1) is 18.4 Å². The molecular formula is C13H16N4O2. The summed E-state index contributed by atoms with van der Waals surface area (Å²) in [5.41, 5.74) is 0.436. The van der Waals surface area contributed by atoms with Crippen LogP contribution >= 0.6 is 0 Å². The second kappa shape index (κ2) is 6.14. The lowest BCUT2D eigenvalue weighted by molar-refractivity contribution is -0.145. The molecule has 6 nitrogen and oxygen atoms in total. The first-order chi connectivity index (χ1) is 9.27. The molecule has 1 unspecified atom stereocenters. The van der Waals surface area contributed by atoms with Gasteiger partial charge in [-0.25, -0.2) is 4.79 Å². The van der Waals surface area contributed by atoms with Crippen molar-refractivity contribution in [2.45, 2.75) is 32.2 Å². The third-order valence-electron chi connectivity index (χ3n) is 3.16. The number of hydrogen-bond acceptors (Lipinski definition) is 6. The van der Waals surface area contributed by atoms with E-state index in [4.69, 9.17) is 10.00 Å². The first kappa shape index (κ1) is 13.3. The van der Waals surface area contributed by atoms with Gasteiger partial charge in [0.1, 0.15) is 12.1 Å². The van der Waals surface area contributed by atoms with Crippen molar-refractivity contribution < 1.29 is 9.53 Å². The average molecular weight is 260 g/mol. The largest absolute Gasteiger partial charge is 0.464 e. The number of nitrogens with zero attached hydrogens (tertiary/aromatic N) is 4. The van der Waals surface area contributed by atoms with Crippen LogP contribution in [-0.4, -0.2) is 35.4 Å². The van der Waals surface area contributed by atoms with Gasteiger partial charge in [-0.2, -0.15) is 10.4 Å². The van der Waals surface area contributed by atoms with Crippen LogP contribution in [0.25, 0.3) is 0 Å². The first-order valence-corrected chi connectivity index (χ1v) is 6.43. The molecule has 0 aromatic carbocycles. The van der Waals surface area contributed by atoms with Crippen LogP contribution < -0.4 is 4.90 Å². The van der Waals surface area contributed by atoms with Gasteiger partial charge in [0, 0.05) is 6.54 Å². The first-order valence-electron chi connectivity index (χ1n) is 6.43. The average Bonchev–Trinajstić information content (AvgIpc) is 2.47. The highest BCUT2D eigenvalue weighted by Crippen LogP contribution is 2.25. The van der Waals surface area contributed by atoms with Crippen molar-refractivity contribution in [3.63, 3.8) is 0 Å². The van der Waals surface area contributed by atoms with E-state index >= 15 is 0 Å². The Labute approximate surface area is 112 Å². The van der Waals surface area contributed by atoms with Gasteiger partial charge in [0.2, 0.25) is 0 Å². The summed E-state index contributed by atoms with van der Waals surface area (Å²) in [4.78, 5) is 13.8. The summed E-state index contributed by atoms with van der Waals surface area (Å²) >= 11 is 0. The van der Waals surface area contributed by atoms with E-state index in [-0.39, 0.29) is 12.0 Å². The molecule has 0 saturated carbocycles. The Morgan fingerprint density at radius 1 is 1.63 bits per heavy atom. The Hall–Kier alpha value is -2.16. The maximum absolute atomic E-state index is 12.0. The Morgan fingerprint density at radius 3 is 3.21 bits per heavy atom. The van der Waals surface area contributed by atoms with Gasteiger partial charge in [-0.3, -0.25) is 0 Å². The smallest absolute Gasteiger partial charge is 0.328 e. The molecule has 1 aromatic rings. The third-order valence-corrected chi connectivity index (χ3v) is 3.16. The predicted octanol–water partition coefficient (Wildman–Crippen LogP) is 1.27. The van der Waals surface area contributed by atoms with Crippen LogP contribution in [0, 0.1) is 11.3 Å². The Balaban J connectivity index is 2.29. The molecule has 1 aliphatic heterocycles. The maximum Gasteiger partial charge on any atom is 0.328 e. The molecular weight excluding hydrogens is 244 g/mol. The van der Waals surface area contributed by atoms with Crippen LogP contribution in [0.4, 0.5) is 5.82 Å². The van der Waals surface area contributed by atoms with Gasteiger partial charge < -0.3 is 9.64 Å². The highest BCUT2D eigenvalue weighted by Gasteiger charge is 2.32. The van der Waals surface area contributed by atoms with E-state index in [1.54, 1.807) is 13.0 Å². The van der Waals surface area contributed by atoms with Gasteiger partial charge in [-0.1, -0.05) is 0 Å². The molecule has 1 fully saturated rings. The molecule has 1 aliphatic rings. The normalized spacial score (nSPS) is 18.7. The monoisotopic (exact) mass is 260 g/mol. The van der Waals surface area contributed by atoms with Gasteiger partial charge in [0.15, 0.2) is 5.82 Å². The minimum atomic E-state index is -0.363. The summed E-state index contributed by atoms with van der Waals surface area (Å²) in [6.45, 7) is 2.83. The number of rotatable bonds is 3. The maximum atomic E-state index is 12.0. The van der Waals surface area contributed by atoms with Gasteiger partial charge >= 0.3 is 5.97 Å². The topological polar surface area (TPSA) is 79.1 Å². The van der Waals surface area contributed by atoms with Gasteiger partial charge in [-0.05, 0) is 32.3 Å². The number of hydrogen-bond donors (Lipinski definition) is 0. The SMILES string of the molecule is CCOC(=O)C1CCCCN1c1nnccc1C#N. The van der Waals surface area contributed by atoms with Crippen LogP contribution in [-0.2, 0) is 9.53 Å². The number of carbonyl (C=O) groups is 1. The van der Waals surface area contributed by atoms with Crippen LogP contribution in [0.2, 0.25) is 0 Å². The van der Waals surface area contributed by atoms with Crippen molar-refractivity contribution in [3.05, 3.63) is 17.8 Å². The molecule has 1 aromatic heterocycles. The number of ether oxygens (including phenoxy) is 1. The van der Waals surface area contributed by atoms with E-state index in [1.165, 1.54) is 6.20 Å². The number of piperidine rings is 1. The van der Waals surface area contributed by atoms with Crippen molar-refractivity contribution >= 4 is 11.8 Å². The fourth-order valence-electron chi connectivity index (χ4n) is 2.29. The zero-order valence-electron chi connectivity index (χ0n) is 10.9. The van der Waals surface area contributed by atoms with Crippen molar-refractivity contribution in [2.24, 2.45) is 0 Å². The zero-order valence-corrected chi connectivity index (χ0v) is 10.9. The molecule has 1 saturated heterocycles. The predicted molar refractivity (Wildman–Crippen MR) is 68.4 cm³/mol. The lowest BCUT2D eigenvalue weighted by Crippen LogP contribution is -2.46. The lowest BCUT2D eigenvalue weighted by Gasteiger charge is -2.34. The fraction of sp³-hybridized carbons (Fsp3) is 0.538. The van der Waals surface area contributed by atoms with Crippen LogP contribution in [0.1, 0.15) is 31.7 Å². The Bertz CT molecular complexity index is 498. The Kier molecular flexibility index (Phi) is 4.29. The molecule has 1 atom stereocenters. The second-order valence-electron chi connectivity index (χ2n) is 4.34. The quantitative estimate of drug-likeness (QED) is 0.761. The molecule has 2 heterocycles. The Morgan fingerprint density at radius 2 is 2.47 bits per heavy atom. The molecule has 6 heteroatoms. The van der Waals surface area contributed by atoms with Crippen LogP contribution in [0.3, 0.4) is 0 Å². The summed E-state index contributed by atoms with van der Waals surface area (Å²) < 4.78 is 5.09. The second-order valence-corrected chi connectivity index (χ2v) is 4.34. The fourth-order valence-corrected chi connectivity index (χ4v) is 2.29. The molecule has 100 valence electrons. The van der Waals surface area contributed by atoms with Crippen molar-refractivity contribution in [3.8, 4) is 6.07 Å². The van der Waals surface area contributed by atoms with E-state index < -0.39 is 0 Å². The molecule has 0 N–H and O–H groups in total. The molecule has 2 rings (SSSR count).